The Kier molecular flexibility index (Phi) is 7.28. The molecule has 6 nitrogen and oxygen atoms in total. The van der Waals surface area contributed by atoms with Crippen LogP contribution < -0.4 is 5.56 Å². The fourth-order valence-electron chi connectivity index (χ4n) is 4.04. The summed E-state index contributed by atoms with van der Waals surface area (Å²) in [5.41, 5.74) is 3.20. The molecule has 1 heterocycles. The summed E-state index contributed by atoms with van der Waals surface area (Å²) in [6, 6.07) is 23.2. The van der Waals surface area contributed by atoms with Crippen LogP contribution in [0.3, 0.4) is 0 Å². The Morgan fingerprint density at radius 2 is 1.69 bits per heavy atom. The zero-order chi connectivity index (χ0) is 25.0. The molecule has 0 amide bonds. The van der Waals surface area contributed by atoms with E-state index in [9.17, 15) is 18.0 Å². The summed E-state index contributed by atoms with van der Waals surface area (Å²) in [5.74, 6) is -0.212. The van der Waals surface area contributed by atoms with Crippen LogP contribution in [0.5, 0.6) is 0 Å². The molecule has 0 aliphatic heterocycles. The Balaban J connectivity index is 1.74. The lowest BCUT2D eigenvalue weighted by Gasteiger charge is -2.22. The molecule has 1 aromatic heterocycles. The normalized spacial score (nSPS) is 11.7. The second-order valence-corrected chi connectivity index (χ2v) is 10.5. The lowest BCUT2D eigenvalue weighted by Crippen LogP contribution is -2.34. The summed E-state index contributed by atoms with van der Waals surface area (Å²) in [7, 11) is -3.98. The second kappa shape index (κ2) is 10.4. The number of fused-ring (bicyclic) bond motifs is 1. The number of rotatable bonds is 9. The number of aromatic nitrogens is 1. The molecule has 0 unspecified atom stereocenters. The number of hydrogen-bond donors (Lipinski definition) is 1. The van der Waals surface area contributed by atoms with Crippen molar-refractivity contribution in [3.05, 3.63) is 111 Å². The van der Waals surface area contributed by atoms with Crippen molar-refractivity contribution < 1.29 is 13.2 Å². The van der Waals surface area contributed by atoms with Gasteiger partial charge in [0.25, 0.3) is 5.56 Å². The minimum Gasteiger partial charge on any atom is -0.322 e. The molecule has 0 saturated heterocycles. The first-order valence-electron chi connectivity index (χ1n) is 11.6. The van der Waals surface area contributed by atoms with Crippen LogP contribution in [0.1, 0.15) is 40.9 Å². The lowest BCUT2D eigenvalue weighted by atomic mass is 10.1. The summed E-state index contributed by atoms with van der Waals surface area (Å²) in [5, 5.41) is 0.859. The van der Waals surface area contributed by atoms with Crippen molar-refractivity contribution in [1.82, 2.24) is 9.29 Å². The highest BCUT2D eigenvalue weighted by Crippen LogP contribution is 2.21. The van der Waals surface area contributed by atoms with Gasteiger partial charge in [0.05, 0.1) is 4.90 Å². The van der Waals surface area contributed by atoms with Crippen molar-refractivity contribution in [3.63, 3.8) is 0 Å². The molecule has 7 heteroatoms. The van der Waals surface area contributed by atoms with Gasteiger partial charge in [-0.2, -0.15) is 4.31 Å². The molecular formula is C28H28N2O4S. The third-order valence-corrected chi connectivity index (χ3v) is 7.95. The summed E-state index contributed by atoms with van der Waals surface area (Å²) < 4.78 is 28.7. The number of Topliss-reactive ketones (excluding diaryl/α,β-unsaturated/α-hetero) is 1. The molecule has 4 rings (SSSR count). The number of aryl methyl sites for hydroxylation is 1. The number of carbonyl (C=O) groups is 1. The quantitative estimate of drug-likeness (QED) is 0.345. The predicted molar refractivity (Wildman–Crippen MR) is 138 cm³/mol. The minimum atomic E-state index is -3.98. The van der Waals surface area contributed by atoms with Gasteiger partial charge in [0.1, 0.15) is 0 Å². The number of carbonyl (C=O) groups excluding carboxylic acids is 1. The monoisotopic (exact) mass is 488 g/mol. The van der Waals surface area contributed by atoms with E-state index in [0.29, 0.717) is 23.1 Å². The second-order valence-electron chi connectivity index (χ2n) is 8.56. The summed E-state index contributed by atoms with van der Waals surface area (Å²) in [6.45, 7) is 3.56. The maximum Gasteiger partial charge on any atom is 0.252 e. The van der Waals surface area contributed by atoms with Crippen molar-refractivity contribution in [2.24, 2.45) is 0 Å². The first-order valence-corrected chi connectivity index (χ1v) is 13.0. The summed E-state index contributed by atoms with van der Waals surface area (Å²) in [6.07, 6.45) is 1.34. The van der Waals surface area contributed by atoms with Gasteiger partial charge in [-0.15, -0.1) is 0 Å². The van der Waals surface area contributed by atoms with Crippen LogP contribution in [0.15, 0.2) is 88.6 Å². The lowest BCUT2D eigenvalue weighted by molar-refractivity contribution is 0.101. The molecule has 0 spiro atoms. The number of H-pyrrole nitrogens is 1. The molecule has 3 aromatic carbocycles. The highest BCUT2D eigenvalue weighted by atomic mass is 32.2. The van der Waals surface area contributed by atoms with Gasteiger partial charge < -0.3 is 4.98 Å². The van der Waals surface area contributed by atoms with E-state index < -0.39 is 10.0 Å². The maximum atomic E-state index is 13.7. The first kappa shape index (κ1) is 24.6. The highest BCUT2D eigenvalue weighted by Gasteiger charge is 2.26. The Morgan fingerprint density at radius 3 is 2.40 bits per heavy atom. The fourth-order valence-corrected chi connectivity index (χ4v) is 5.50. The Hall–Kier alpha value is -3.55. The fraction of sp³-hybridized carbons (Fsp3) is 0.214. The van der Waals surface area contributed by atoms with Crippen LogP contribution in [0, 0.1) is 0 Å². The van der Waals surface area contributed by atoms with Crippen LogP contribution in [0.2, 0.25) is 0 Å². The zero-order valence-corrected chi connectivity index (χ0v) is 20.6. The number of aromatic amines is 1. The summed E-state index contributed by atoms with van der Waals surface area (Å²) >= 11 is 0. The first-order chi connectivity index (χ1) is 16.8. The van der Waals surface area contributed by atoms with Crippen molar-refractivity contribution in [1.29, 1.82) is 0 Å². The topological polar surface area (TPSA) is 87.3 Å². The Bertz CT molecular complexity index is 1530. The van der Waals surface area contributed by atoms with E-state index >= 15 is 0 Å². The number of ketones is 1. The molecule has 180 valence electrons. The van der Waals surface area contributed by atoms with Gasteiger partial charge in [0.15, 0.2) is 5.78 Å². The van der Waals surface area contributed by atoms with E-state index in [1.54, 1.807) is 18.2 Å². The molecule has 0 aliphatic carbocycles. The Morgan fingerprint density at radius 1 is 0.914 bits per heavy atom. The molecule has 0 fully saturated rings. The molecule has 0 radical (unpaired) electrons. The third-order valence-electron chi connectivity index (χ3n) is 6.11. The number of hydrogen-bond acceptors (Lipinski definition) is 4. The van der Waals surface area contributed by atoms with Gasteiger partial charge in [-0.05, 0) is 66.6 Å². The third kappa shape index (κ3) is 5.58. The molecule has 0 aliphatic rings. The number of sulfonamides is 1. The SMILES string of the molecule is CCc1ccc2[nH]c(=O)c(CN(CCc3ccccc3)S(=O)(=O)c3cccc(C(C)=O)c3)cc2c1. The van der Waals surface area contributed by atoms with Crippen LogP contribution in [-0.4, -0.2) is 30.0 Å². The Labute approximate surface area is 205 Å². The largest absolute Gasteiger partial charge is 0.322 e. The van der Waals surface area contributed by atoms with E-state index in [1.807, 2.05) is 48.5 Å². The average molecular weight is 489 g/mol. The van der Waals surface area contributed by atoms with Gasteiger partial charge in [-0.3, -0.25) is 9.59 Å². The molecule has 0 saturated carbocycles. The average Bonchev–Trinajstić information content (AvgIpc) is 2.87. The smallest absolute Gasteiger partial charge is 0.252 e. The predicted octanol–water partition coefficient (Wildman–Crippen LogP) is 4.73. The van der Waals surface area contributed by atoms with E-state index in [1.165, 1.54) is 23.4 Å². The van der Waals surface area contributed by atoms with E-state index in [4.69, 9.17) is 0 Å². The van der Waals surface area contributed by atoms with Gasteiger partial charge in [0, 0.05) is 29.7 Å². The maximum absolute atomic E-state index is 13.7. The molecule has 0 bridgehead atoms. The molecule has 35 heavy (non-hydrogen) atoms. The van der Waals surface area contributed by atoms with E-state index in [-0.39, 0.29) is 29.3 Å². The van der Waals surface area contributed by atoms with Crippen molar-refractivity contribution >= 4 is 26.7 Å². The minimum absolute atomic E-state index is 0.0312. The number of benzene rings is 3. The molecule has 1 N–H and O–H groups in total. The standard InChI is InChI=1S/C28H28N2O4S/c1-3-21-12-13-27-24(16-21)17-25(28(32)29-27)19-30(15-14-22-8-5-4-6-9-22)35(33,34)26-11-7-10-23(18-26)20(2)31/h4-13,16-18H,3,14-15,19H2,1-2H3,(H,29,32). The van der Waals surface area contributed by atoms with Crippen LogP contribution in [0.4, 0.5) is 0 Å². The van der Waals surface area contributed by atoms with Gasteiger partial charge >= 0.3 is 0 Å². The van der Waals surface area contributed by atoms with E-state index in [0.717, 1.165) is 22.9 Å². The number of nitrogens with one attached hydrogen (secondary N) is 1. The van der Waals surface area contributed by atoms with E-state index in [2.05, 4.69) is 11.9 Å². The highest BCUT2D eigenvalue weighted by molar-refractivity contribution is 7.89. The van der Waals surface area contributed by atoms with Crippen LogP contribution in [0.25, 0.3) is 10.9 Å². The van der Waals surface area contributed by atoms with Gasteiger partial charge in [0.2, 0.25) is 10.0 Å². The summed E-state index contributed by atoms with van der Waals surface area (Å²) in [4.78, 5) is 27.7. The van der Waals surface area contributed by atoms with Crippen LogP contribution in [-0.2, 0) is 29.4 Å². The molecule has 4 aromatic rings. The molecule has 0 atom stereocenters. The van der Waals surface area contributed by atoms with Crippen molar-refractivity contribution in [2.75, 3.05) is 6.54 Å². The molecular weight excluding hydrogens is 460 g/mol. The van der Waals surface area contributed by atoms with Crippen LogP contribution >= 0.6 is 0 Å². The van der Waals surface area contributed by atoms with Crippen molar-refractivity contribution in [3.8, 4) is 0 Å². The number of pyridine rings is 1. The van der Waals surface area contributed by atoms with Crippen molar-refractivity contribution in [2.45, 2.75) is 38.1 Å². The number of nitrogens with zero attached hydrogens (tertiary/aromatic N) is 1. The zero-order valence-electron chi connectivity index (χ0n) is 19.8. The van der Waals surface area contributed by atoms with Gasteiger partial charge in [-0.1, -0.05) is 55.5 Å². The van der Waals surface area contributed by atoms with Gasteiger partial charge in [-0.25, -0.2) is 8.42 Å².